The number of hydrogen-bond donors (Lipinski definition) is 1. The number of rotatable bonds is 3. The van der Waals surface area contributed by atoms with E-state index in [9.17, 15) is 4.79 Å². The van der Waals surface area contributed by atoms with Gasteiger partial charge in [-0.2, -0.15) is 10.4 Å². The number of carbonyl (C=O) groups is 1. The lowest BCUT2D eigenvalue weighted by Crippen LogP contribution is -2.12. The number of nitriles is 1. The molecule has 0 aliphatic carbocycles. The highest BCUT2D eigenvalue weighted by Gasteiger charge is 2.09. The Morgan fingerprint density at radius 2 is 2.16 bits per heavy atom. The number of hydrogen-bond acceptors (Lipinski definition) is 3. The van der Waals surface area contributed by atoms with Crippen molar-refractivity contribution in [3.05, 3.63) is 53.7 Å². The summed E-state index contributed by atoms with van der Waals surface area (Å²) < 4.78 is 1.45. The van der Waals surface area contributed by atoms with Crippen molar-refractivity contribution in [3.8, 4) is 6.07 Å². The Morgan fingerprint density at radius 1 is 1.42 bits per heavy atom. The van der Waals surface area contributed by atoms with E-state index in [0.29, 0.717) is 11.4 Å². The molecule has 0 aliphatic rings. The number of amides is 1. The van der Waals surface area contributed by atoms with Gasteiger partial charge in [0, 0.05) is 13.1 Å². The maximum Gasteiger partial charge on any atom is 0.249 e. The van der Waals surface area contributed by atoms with Crippen molar-refractivity contribution < 1.29 is 4.79 Å². The SMILES string of the molecule is Cn1ncc(C#N)c1NC(=O)C=Cc1ccccc1. The Labute approximate surface area is 110 Å². The third-order valence-electron chi connectivity index (χ3n) is 2.53. The highest BCUT2D eigenvalue weighted by atomic mass is 16.1. The summed E-state index contributed by atoms with van der Waals surface area (Å²) in [6.07, 6.45) is 4.54. The number of nitrogens with zero attached hydrogens (tertiary/aromatic N) is 3. The average Bonchev–Trinajstić information content (AvgIpc) is 2.78. The van der Waals surface area contributed by atoms with E-state index in [2.05, 4.69) is 10.4 Å². The molecule has 5 heteroatoms. The molecule has 0 unspecified atom stereocenters. The number of aryl methyl sites for hydroxylation is 1. The normalized spacial score (nSPS) is 10.3. The zero-order valence-corrected chi connectivity index (χ0v) is 10.4. The molecule has 0 spiro atoms. The summed E-state index contributed by atoms with van der Waals surface area (Å²) in [6.45, 7) is 0. The summed E-state index contributed by atoms with van der Waals surface area (Å²) in [6, 6.07) is 11.5. The second kappa shape index (κ2) is 5.65. The van der Waals surface area contributed by atoms with Crippen LogP contribution in [0, 0.1) is 11.3 Å². The Morgan fingerprint density at radius 3 is 2.84 bits per heavy atom. The smallest absolute Gasteiger partial charge is 0.249 e. The fourth-order valence-corrected chi connectivity index (χ4v) is 1.56. The lowest BCUT2D eigenvalue weighted by molar-refractivity contribution is -0.111. The van der Waals surface area contributed by atoms with Gasteiger partial charge in [-0.3, -0.25) is 9.48 Å². The molecule has 94 valence electrons. The van der Waals surface area contributed by atoms with Gasteiger partial charge in [-0.15, -0.1) is 0 Å². The number of nitrogens with one attached hydrogen (secondary N) is 1. The Bertz CT molecular complexity index is 650. The Hall–Kier alpha value is -2.87. The molecule has 19 heavy (non-hydrogen) atoms. The van der Waals surface area contributed by atoms with Gasteiger partial charge in [-0.25, -0.2) is 0 Å². The molecule has 1 amide bonds. The fourth-order valence-electron chi connectivity index (χ4n) is 1.56. The first-order valence-electron chi connectivity index (χ1n) is 5.67. The van der Waals surface area contributed by atoms with Gasteiger partial charge in [-0.1, -0.05) is 30.3 Å². The van der Waals surface area contributed by atoms with Crippen LogP contribution in [0.4, 0.5) is 5.82 Å². The monoisotopic (exact) mass is 252 g/mol. The van der Waals surface area contributed by atoms with Gasteiger partial charge in [0.15, 0.2) is 0 Å². The molecule has 0 saturated carbocycles. The summed E-state index contributed by atoms with van der Waals surface area (Å²) >= 11 is 0. The van der Waals surface area contributed by atoms with Crippen molar-refractivity contribution >= 4 is 17.8 Å². The zero-order chi connectivity index (χ0) is 13.7. The first kappa shape index (κ1) is 12.6. The molecule has 0 aliphatic heterocycles. The van der Waals surface area contributed by atoms with Crippen molar-refractivity contribution in [3.63, 3.8) is 0 Å². The lowest BCUT2D eigenvalue weighted by Gasteiger charge is -2.02. The minimum absolute atomic E-state index is 0.302. The van der Waals surface area contributed by atoms with Crippen molar-refractivity contribution in [1.29, 1.82) is 5.26 Å². The lowest BCUT2D eigenvalue weighted by atomic mass is 10.2. The molecule has 0 saturated heterocycles. The molecular weight excluding hydrogens is 240 g/mol. The standard InChI is InChI=1S/C14H12N4O/c1-18-14(12(9-15)10-16-18)17-13(19)8-7-11-5-3-2-4-6-11/h2-8,10H,1H3,(H,17,19). The van der Waals surface area contributed by atoms with Crippen LogP contribution in [0.25, 0.3) is 6.08 Å². The van der Waals surface area contributed by atoms with Crippen LogP contribution in [0.15, 0.2) is 42.6 Å². The number of carbonyl (C=O) groups excluding carboxylic acids is 1. The van der Waals surface area contributed by atoms with Gasteiger partial charge in [0.2, 0.25) is 5.91 Å². The van der Waals surface area contributed by atoms with E-state index < -0.39 is 0 Å². The average molecular weight is 252 g/mol. The topological polar surface area (TPSA) is 70.7 Å². The third-order valence-corrected chi connectivity index (χ3v) is 2.53. The summed E-state index contributed by atoms with van der Waals surface area (Å²) in [5.41, 5.74) is 1.27. The maximum atomic E-state index is 11.8. The van der Waals surface area contributed by atoms with Crippen LogP contribution < -0.4 is 5.32 Å². The summed E-state index contributed by atoms with van der Waals surface area (Å²) in [5.74, 6) is 0.0918. The first-order chi connectivity index (χ1) is 9.20. The van der Waals surface area contributed by atoms with E-state index in [4.69, 9.17) is 5.26 Å². The largest absolute Gasteiger partial charge is 0.306 e. The molecule has 2 rings (SSSR count). The highest BCUT2D eigenvalue weighted by molar-refractivity contribution is 6.02. The van der Waals surface area contributed by atoms with Gasteiger partial charge in [0.1, 0.15) is 17.5 Å². The summed E-state index contributed by atoms with van der Waals surface area (Å²) in [5, 5.41) is 15.4. The van der Waals surface area contributed by atoms with Crippen LogP contribution in [-0.4, -0.2) is 15.7 Å². The van der Waals surface area contributed by atoms with Crippen molar-refractivity contribution in [2.75, 3.05) is 5.32 Å². The van der Waals surface area contributed by atoms with E-state index >= 15 is 0 Å². The second-order valence-corrected chi connectivity index (χ2v) is 3.88. The molecule has 1 aromatic carbocycles. The van der Waals surface area contributed by atoms with E-state index in [0.717, 1.165) is 5.56 Å². The predicted molar refractivity (Wildman–Crippen MR) is 72.0 cm³/mol. The van der Waals surface area contributed by atoms with Crippen LogP contribution in [0.2, 0.25) is 0 Å². The molecular formula is C14H12N4O. The zero-order valence-electron chi connectivity index (χ0n) is 10.4. The third kappa shape index (κ3) is 3.07. The molecule has 1 heterocycles. The molecule has 5 nitrogen and oxygen atoms in total. The molecule has 2 aromatic rings. The van der Waals surface area contributed by atoms with Crippen LogP contribution in [0.1, 0.15) is 11.1 Å². The number of anilines is 1. The van der Waals surface area contributed by atoms with Gasteiger partial charge < -0.3 is 5.32 Å². The van der Waals surface area contributed by atoms with E-state index in [1.165, 1.54) is 17.0 Å². The Balaban J connectivity index is 2.08. The minimum Gasteiger partial charge on any atom is -0.306 e. The molecule has 0 atom stereocenters. The molecule has 0 radical (unpaired) electrons. The molecule has 0 fully saturated rings. The van der Waals surface area contributed by atoms with Crippen LogP contribution in [0.3, 0.4) is 0 Å². The van der Waals surface area contributed by atoms with Crippen LogP contribution in [-0.2, 0) is 11.8 Å². The van der Waals surface area contributed by atoms with E-state index in [-0.39, 0.29) is 5.91 Å². The summed E-state index contributed by atoms with van der Waals surface area (Å²) in [7, 11) is 1.66. The van der Waals surface area contributed by atoms with Crippen molar-refractivity contribution in [1.82, 2.24) is 9.78 Å². The number of benzene rings is 1. The summed E-state index contributed by atoms with van der Waals surface area (Å²) in [4.78, 5) is 11.8. The van der Waals surface area contributed by atoms with Gasteiger partial charge in [0.05, 0.1) is 6.20 Å². The quantitative estimate of drug-likeness (QED) is 0.848. The number of aromatic nitrogens is 2. The highest BCUT2D eigenvalue weighted by Crippen LogP contribution is 2.12. The maximum absolute atomic E-state index is 11.8. The van der Waals surface area contributed by atoms with Crippen molar-refractivity contribution in [2.24, 2.45) is 7.05 Å². The Kier molecular flexibility index (Phi) is 3.74. The van der Waals surface area contributed by atoms with Gasteiger partial charge in [0.25, 0.3) is 0 Å². The van der Waals surface area contributed by atoms with Crippen LogP contribution in [0.5, 0.6) is 0 Å². The minimum atomic E-state index is -0.302. The van der Waals surface area contributed by atoms with Crippen molar-refractivity contribution in [2.45, 2.75) is 0 Å². The predicted octanol–water partition coefficient (Wildman–Crippen LogP) is 1.94. The second-order valence-electron chi connectivity index (χ2n) is 3.88. The molecule has 1 aromatic heterocycles. The first-order valence-corrected chi connectivity index (χ1v) is 5.67. The van der Waals surface area contributed by atoms with E-state index in [1.807, 2.05) is 36.4 Å². The van der Waals surface area contributed by atoms with E-state index in [1.54, 1.807) is 13.1 Å². The molecule has 1 N–H and O–H groups in total. The molecule has 0 bridgehead atoms. The fraction of sp³-hybridized carbons (Fsp3) is 0.0714. The van der Waals surface area contributed by atoms with Gasteiger partial charge >= 0.3 is 0 Å². The van der Waals surface area contributed by atoms with Crippen LogP contribution >= 0.6 is 0 Å². The van der Waals surface area contributed by atoms with Gasteiger partial charge in [-0.05, 0) is 11.6 Å².